The number of benzene rings is 1. The summed E-state index contributed by atoms with van der Waals surface area (Å²) < 4.78 is 34.3. The third-order valence-electron chi connectivity index (χ3n) is 3.96. The molecule has 1 fully saturated rings. The van der Waals surface area contributed by atoms with Crippen molar-refractivity contribution in [3.05, 3.63) is 29.3 Å². The van der Waals surface area contributed by atoms with Gasteiger partial charge in [-0.3, -0.25) is 0 Å². The summed E-state index contributed by atoms with van der Waals surface area (Å²) >= 11 is 1.54. The zero-order valence-electron chi connectivity index (χ0n) is 11.8. The van der Waals surface area contributed by atoms with E-state index in [0.717, 1.165) is 27.8 Å². The van der Waals surface area contributed by atoms with Crippen molar-refractivity contribution >= 4 is 21.2 Å². The fraction of sp³-hybridized carbons (Fsp3) is 0.400. The third-order valence-corrected chi connectivity index (χ3v) is 6.64. The van der Waals surface area contributed by atoms with Crippen molar-refractivity contribution in [1.82, 2.24) is 4.98 Å². The number of rotatable bonds is 2. The van der Waals surface area contributed by atoms with Crippen LogP contribution in [-0.4, -0.2) is 38.1 Å². The molecule has 7 heteroatoms. The highest BCUT2D eigenvalue weighted by Gasteiger charge is 2.30. The van der Waals surface area contributed by atoms with Gasteiger partial charge in [-0.1, -0.05) is 0 Å². The molecule has 5 nitrogen and oxygen atoms in total. The van der Waals surface area contributed by atoms with Crippen LogP contribution in [0.3, 0.4) is 0 Å². The molecule has 2 aliphatic rings. The molecular weight excluding hydrogens is 322 g/mol. The number of ether oxygens (including phenoxy) is 2. The molecular formula is C15H15NO4S2. The first-order chi connectivity index (χ1) is 10.6. The van der Waals surface area contributed by atoms with Crippen LogP contribution in [0.1, 0.15) is 18.0 Å². The van der Waals surface area contributed by atoms with Gasteiger partial charge in [-0.25, -0.2) is 13.4 Å². The van der Waals surface area contributed by atoms with Gasteiger partial charge in [-0.15, -0.1) is 11.3 Å². The van der Waals surface area contributed by atoms with Gasteiger partial charge in [0, 0.05) is 16.9 Å². The average Bonchev–Trinajstić information content (AvgIpc) is 3.13. The summed E-state index contributed by atoms with van der Waals surface area (Å²) in [6, 6.07) is 5.79. The molecule has 1 saturated heterocycles. The van der Waals surface area contributed by atoms with E-state index in [9.17, 15) is 8.42 Å². The lowest BCUT2D eigenvalue weighted by atomic mass is 10.1. The largest absolute Gasteiger partial charge is 0.486 e. The Hall–Kier alpha value is -1.60. The quantitative estimate of drug-likeness (QED) is 0.842. The zero-order chi connectivity index (χ0) is 15.2. The highest BCUT2D eigenvalue weighted by atomic mass is 32.2. The lowest BCUT2D eigenvalue weighted by Crippen LogP contribution is -2.15. The molecule has 1 aromatic carbocycles. The van der Waals surface area contributed by atoms with Crippen molar-refractivity contribution in [1.29, 1.82) is 0 Å². The predicted molar refractivity (Wildman–Crippen MR) is 84.6 cm³/mol. The fourth-order valence-corrected chi connectivity index (χ4v) is 5.47. The normalized spacial score (nSPS) is 22.6. The Kier molecular flexibility index (Phi) is 3.34. The minimum atomic E-state index is -2.88. The van der Waals surface area contributed by atoms with Crippen molar-refractivity contribution in [2.24, 2.45) is 0 Å². The van der Waals surface area contributed by atoms with Gasteiger partial charge in [-0.2, -0.15) is 0 Å². The standard InChI is InChI=1S/C15H15NO4S2/c17-22(18)6-3-11(9-22)12-8-21-15(16-12)10-1-2-13-14(7-10)20-5-4-19-13/h1-2,7-8,11H,3-6,9H2. The molecule has 0 aliphatic carbocycles. The topological polar surface area (TPSA) is 65.5 Å². The number of hydrogen-bond acceptors (Lipinski definition) is 6. The second-order valence-electron chi connectivity index (χ2n) is 5.54. The van der Waals surface area contributed by atoms with E-state index in [1.807, 2.05) is 23.6 Å². The lowest BCUT2D eigenvalue weighted by Gasteiger charge is -2.18. The van der Waals surface area contributed by atoms with Crippen LogP contribution in [0.4, 0.5) is 0 Å². The molecule has 1 aromatic heterocycles. The van der Waals surface area contributed by atoms with Gasteiger partial charge in [0.1, 0.15) is 18.2 Å². The van der Waals surface area contributed by atoms with E-state index < -0.39 is 9.84 Å². The number of hydrogen-bond donors (Lipinski definition) is 0. The Bertz CT molecular complexity index is 813. The maximum absolute atomic E-state index is 11.6. The van der Waals surface area contributed by atoms with Crippen LogP contribution in [0.25, 0.3) is 10.6 Å². The van der Waals surface area contributed by atoms with Crippen LogP contribution in [0.15, 0.2) is 23.6 Å². The molecule has 0 spiro atoms. The molecule has 2 aliphatic heterocycles. The molecule has 22 heavy (non-hydrogen) atoms. The van der Waals surface area contributed by atoms with Gasteiger partial charge < -0.3 is 9.47 Å². The molecule has 4 rings (SSSR count). The number of thiazole rings is 1. The minimum Gasteiger partial charge on any atom is -0.486 e. The number of fused-ring (bicyclic) bond motifs is 1. The monoisotopic (exact) mass is 337 g/mol. The van der Waals surface area contributed by atoms with E-state index in [0.29, 0.717) is 19.6 Å². The molecule has 116 valence electrons. The highest BCUT2D eigenvalue weighted by Crippen LogP contribution is 2.37. The van der Waals surface area contributed by atoms with Gasteiger partial charge >= 0.3 is 0 Å². The predicted octanol–water partition coefficient (Wildman–Crippen LogP) is 2.48. The maximum Gasteiger partial charge on any atom is 0.162 e. The van der Waals surface area contributed by atoms with Crippen LogP contribution in [0, 0.1) is 0 Å². The van der Waals surface area contributed by atoms with Crippen LogP contribution in [0.5, 0.6) is 11.5 Å². The molecule has 0 N–H and O–H groups in total. The highest BCUT2D eigenvalue weighted by molar-refractivity contribution is 7.91. The van der Waals surface area contributed by atoms with Crippen molar-refractivity contribution in [3.63, 3.8) is 0 Å². The average molecular weight is 337 g/mol. The van der Waals surface area contributed by atoms with Crippen LogP contribution in [-0.2, 0) is 9.84 Å². The number of nitrogens with zero attached hydrogens (tertiary/aromatic N) is 1. The molecule has 1 unspecified atom stereocenters. The van der Waals surface area contributed by atoms with E-state index in [2.05, 4.69) is 4.98 Å². The second kappa shape index (κ2) is 5.24. The van der Waals surface area contributed by atoms with Crippen molar-refractivity contribution < 1.29 is 17.9 Å². The smallest absolute Gasteiger partial charge is 0.162 e. The Balaban J connectivity index is 1.62. The van der Waals surface area contributed by atoms with E-state index >= 15 is 0 Å². The number of sulfone groups is 1. The van der Waals surface area contributed by atoms with Crippen LogP contribution in [0.2, 0.25) is 0 Å². The second-order valence-corrected chi connectivity index (χ2v) is 8.62. The van der Waals surface area contributed by atoms with Crippen molar-refractivity contribution in [2.75, 3.05) is 24.7 Å². The van der Waals surface area contributed by atoms with Gasteiger partial charge in [-0.05, 0) is 24.6 Å². The summed E-state index contributed by atoms with van der Waals surface area (Å²) in [5, 5.41) is 2.86. The van der Waals surface area contributed by atoms with Gasteiger partial charge in [0.2, 0.25) is 0 Å². The maximum atomic E-state index is 11.6. The van der Waals surface area contributed by atoms with Gasteiger partial charge in [0.25, 0.3) is 0 Å². The summed E-state index contributed by atoms with van der Waals surface area (Å²) in [7, 11) is -2.88. The van der Waals surface area contributed by atoms with E-state index in [1.54, 1.807) is 0 Å². The van der Waals surface area contributed by atoms with Gasteiger partial charge in [0.15, 0.2) is 21.3 Å². The summed E-state index contributed by atoms with van der Waals surface area (Å²) in [6.07, 6.45) is 0.673. The molecule has 0 amide bonds. The van der Waals surface area contributed by atoms with Crippen LogP contribution >= 0.6 is 11.3 Å². The third kappa shape index (κ3) is 2.59. The van der Waals surface area contributed by atoms with E-state index in [4.69, 9.17) is 9.47 Å². The van der Waals surface area contributed by atoms with Crippen molar-refractivity contribution in [2.45, 2.75) is 12.3 Å². The molecule has 1 atom stereocenters. The molecule has 3 heterocycles. The SMILES string of the molecule is O=S1(=O)CCC(c2csc(-c3ccc4c(c3)OCCO4)n2)C1. The lowest BCUT2D eigenvalue weighted by molar-refractivity contribution is 0.171. The first kappa shape index (κ1) is 14.0. The summed E-state index contributed by atoms with van der Waals surface area (Å²) in [6.45, 7) is 1.13. The first-order valence-electron chi connectivity index (χ1n) is 7.17. The Morgan fingerprint density at radius 3 is 2.77 bits per heavy atom. The van der Waals surface area contributed by atoms with Crippen molar-refractivity contribution in [3.8, 4) is 22.1 Å². The Morgan fingerprint density at radius 2 is 2.00 bits per heavy atom. The number of aromatic nitrogens is 1. The summed E-state index contributed by atoms with van der Waals surface area (Å²) in [4.78, 5) is 4.63. The molecule has 0 bridgehead atoms. The minimum absolute atomic E-state index is 0.0345. The van der Waals surface area contributed by atoms with E-state index in [1.165, 1.54) is 11.3 Å². The summed E-state index contributed by atoms with van der Waals surface area (Å²) in [5.74, 6) is 2.02. The zero-order valence-corrected chi connectivity index (χ0v) is 13.5. The Morgan fingerprint density at radius 1 is 1.18 bits per heavy atom. The Labute approximate surface area is 132 Å². The van der Waals surface area contributed by atoms with Crippen LogP contribution < -0.4 is 9.47 Å². The fourth-order valence-electron chi connectivity index (χ4n) is 2.81. The molecule has 2 aromatic rings. The molecule has 0 saturated carbocycles. The van der Waals surface area contributed by atoms with E-state index in [-0.39, 0.29) is 17.4 Å². The first-order valence-corrected chi connectivity index (χ1v) is 9.87. The van der Waals surface area contributed by atoms with Gasteiger partial charge in [0.05, 0.1) is 17.2 Å². The summed E-state index contributed by atoms with van der Waals surface area (Å²) in [5.41, 5.74) is 1.86. The molecule has 0 radical (unpaired) electrons.